The van der Waals surface area contributed by atoms with Crippen LogP contribution in [0.3, 0.4) is 0 Å². The Kier molecular flexibility index (Phi) is 5.96. The molecule has 3 atom stereocenters. The molecule has 1 saturated carbocycles. The Labute approximate surface area is 106 Å². The molecule has 0 spiro atoms. The molecular weight excluding hydrogens is 212 g/mol. The van der Waals surface area contributed by atoms with Gasteiger partial charge in [-0.05, 0) is 32.1 Å². The summed E-state index contributed by atoms with van der Waals surface area (Å²) in [7, 11) is 0. The van der Waals surface area contributed by atoms with E-state index < -0.39 is 0 Å². The smallest absolute Gasteiger partial charge is 0.225 e. The molecule has 0 aromatic rings. The lowest BCUT2D eigenvalue weighted by atomic mass is 9.85. The Bertz CT molecular complexity index is 242. The fourth-order valence-corrected chi connectivity index (χ4v) is 2.59. The molecule has 0 heterocycles. The zero-order chi connectivity index (χ0) is 12.8. The highest BCUT2D eigenvalue weighted by atomic mass is 16.2. The predicted octanol–water partition coefficient (Wildman–Crippen LogP) is 2.40. The van der Waals surface area contributed by atoms with Gasteiger partial charge in [-0.15, -0.1) is 0 Å². The molecule has 3 heteroatoms. The first-order valence-corrected chi connectivity index (χ1v) is 7.12. The van der Waals surface area contributed by atoms with Crippen molar-refractivity contribution in [1.82, 2.24) is 4.90 Å². The largest absolute Gasteiger partial charge is 0.342 e. The SMILES string of the molecule is CCC(C)CN(CC)C(=O)C1CCCC(N)C1. The van der Waals surface area contributed by atoms with E-state index in [0.29, 0.717) is 11.8 Å². The van der Waals surface area contributed by atoms with Crippen LogP contribution in [0.1, 0.15) is 52.9 Å². The summed E-state index contributed by atoms with van der Waals surface area (Å²) >= 11 is 0. The Morgan fingerprint density at radius 1 is 1.41 bits per heavy atom. The fraction of sp³-hybridized carbons (Fsp3) is 0.929. The van der Waals surface area contributed by atoms with Crippen LogP contribution >= 0.6 is 0 Å². The highest BCUT2D eigenvalue weighted by molar-refractivity contribution is 5.79. The van der Waals surface area contributed by atoms with Gasteiger partial charge in [0.25, 0.3) is 0 Å². The van der Waals surface area contributed by atoms with Gasteiger partial charge in [-0.2, -0.15) is 0 Å². The molecule has 0 aromatic heterocycles. The van der Waals surface area contributed by atoms with Crippen LogP contribution in [-0.2, 0) is 4.79 Å². The van der Waals surface area contributed by atoms with E-state index in [1.807, 2.05) is 4.90 Å². The third kappa shape index (κ3) is 4.30. The minimum absolute atomic E-state index is 0.183. The van der Waals surface area contributed by atoms with E-state index in [9.17, 15) is 4.79 Å². The summed E-state index contributed by atoms with van der Waals surface area (Å²) in [6.07, 6.45) is 5.24. The number of carbonyl (C=O) groups excluding carboxylic acids is 1. The van der Waals surface area contributed by atoms with Crippen LogP contribution in [0.5, 0.6) is 0 Å². The summed E-state index contributed by atoms with van der Waals surface area (Å²) in [5.41, 5.74) is 5.96. The van der Waals surface area contributed by atoms with Gasteiger partial charge in [-0.3, -0.25) is 4.79 Å². The minimum Gasteiger partial charge on any atom is -0.342 e. The van der Waals surface area contributed by atoms with Crippen molar-refractivity contribution < 1.29 is 4.79 Å². The quantitative estimate of drug-likeness (QED) is 0.802. The standard InChI is InChI=1S/C14H28N2O/c1-4-11(3)10-16(5-2)14(17)12-7-6-8-13(15)9-12/h11-13H,4-10,15H2,1-3H3. The van der Waals surface area contributed by atoms with E-state index in [1.54, 1.807) is 0 Å². The van der Waals surface area contributed by atoms with Gasteiger partial charge >= 0.3 is 0 Å². The Hall–Kier alpha value is -0.570. The van der Waals surface area contributed by atoms with Gasteiger partial charge in [0.2, 0.25) is 5.91 Å². The molecule has 0 bridgehead atoms. The van der Waals surface area contributed by atoms with Crippen molar-refractivity contribution in [3.63, 3.8) is 0 Å². The highest BCUT2D eigenvalue weighted by Crippen LogP contribution is 2.25. The first-order chi connectivity index (χ1) is 8.08. The molecule has 0 radical (unpaired) electrons. The van der Waals surface area contributed by atoms with E-state index in [1.165, 1.54) is 0 Å². The molecule has 3 unspecified atom stereocenters. The zero-order valence-electron chi connectivity index (χ0n) is 11.6. The average Bonchev–Trinajstić information content (AvgIpc) is 2.34. The van der Waals surface area contributed by atoms with Gasteiger partial charge in [0.15, 0.2) is 0 Å². The third-order valence-corrected chi connectivity index (χ3v) is 3.99. The fourth-order valence-electron chi connectivity index (χ4n) is 2.59. The van der Waals surface area contributed by atoms with E-state index in [-0.39, 0.29) is 12.0 Å². The van der Waals surface area contributed by atoms with Crippen molar-refractivity contribution in [3.05, 3.63) is 0 Å². The number of nitrogens with two attached hydrogens (primary N) is 1. The summed E-state index contributed by atoms with van der Waals surface area (Å²) in [5.74, 6) is 1.11. The molecule has 3 nitrogen and oxygen atoms in total. The zero-order valence-corrected chi connectivity index (χ0v) is 11.6. The lowest BCUT2D eigenvalue weighted by molar-refractivity contribution is -0.137. The normalized spacial score (nSPS) is 26.6. The van der Waals surface area contributed by atoms with E-state index in [2.05, 4.69) is 20.8 Å². The van der Waals surface area contributed by atoms with Crippen LogP contribution in [-0.4, -0.2) is 29.9 Å². The molecule has 2 N–H and O–H groups in total. The topological polar surface area (TPSA) is 46.3 Å². The molecule has 0 aliphatic heterocycles. The van der Waals surface area contributed by atoms with Crippen LogP contribution in [0.4, 0.5) is 0 Å². The summed E-state index contributed by atoms with van der Waals surface area (Å²) in [5, 5.41) is 0. The second-order valence-corrected chi connectivity index (χ2v) is 5.51. The van der Waals surface area contributed by atoms with Gasteiger partial charge in [0, 0.05) is 25.0 Å². The molecule has 1 rings (SSSR count). The summed E-state index contributed by atoms with van der Waals surface area (Å²) in [4.78, 5) is 14.4. The molecule has 100 valence electrons. The third-order valence-electron chi connectivity index (χ3n) is 3.99. The van der Waals surface area contributed by atoms with Crippen molar-refractivity contribution in [2.24, 2.45) is 17.6 Å². The van der Waals surface area contributed by atoms with Crippen LogP contribution < -0.4 is 5.73 Å². The van der Waals surface area contributed by atoms with Crippen molar-refractivity contribution in [1.29, 1.82) is 0 Å². The number of amides is 1. The van der Waals surface area contributed by atoms with Gasteiger partial charge in [0.05, 0.1) is 0 Å². The average molecular weight is 240 g/mol. The van der Waals surface area contributed by atoms with E-state index >= 15 is 0 Å². The number of hydrogen-bond acceptors (Lipinski definition) is 2. The predicted molar refractivity (Wildman–Crippen MR) is 71.6 cm³/mol. The van der Waals surface area contributed by atoms with Gasteiger partial charge in [0.1, 0.15) is 0 Å². The molecular formula is C14H28N2O. The number of nitrogens with zero attached hydrogens (tertiary/aromatic N) is 1. The Balaban J connectivity index is 2.52. The number of carbonyl (C=O) groups is 1. The maximum atomic E-state index is 12.4. The van der Waals surface area contributed by atoms with Gasteiger partial charge < -0.3 is 10.6 Å². The number of rotatable bonds is 5. The van der Waals surface area contributed by atoms with Crippen molar-refractivity contribution in [2.75, 3.05) is 13.1 Å². The Morgan fingerprint density at radius 3 is 2.65 bits per heavy atom. The van der Waals surface area contributed by atoms with Crippen LogP contribution in [0.2, 0.25) is 0 Å². The van der Waals surface area contributed by atoms with E-state index in [0.717, 1.165) is 45.2 Å². The van der Waals surface area contributed by atoms with Gasteiger partial charge in [-0.1, -0.05) is 26.7 Å². The lowest BCUT2D eigenvalue weighted by Gasteiger charge is -2.32. The van der Waals surface area contributed by atoms with Crippen molar-refractivity contribution >= 4 is 5.91 Å². The first-order valence-electron chi connectivity index (χ1n) is 7.12. The monoisotopic (exact) mass is 240 g/mol. The highest BCUT2D eigenvalue weighted by Gasteiger charge is 2.28. The second kappa shape index (κ2) is 7.00. The summed E-state index contributed by atoms with van der Waals surface area (Å²) in [6, 6.07) is 0.236. The van der Waals surface area contributed by atoms with Crippen molar-refractivity contribution in [2.45, 2.75) is 58.9 Å². The summed E-state index contributed by atoms with van der Waals surface area (Å²) in [6.45, 7) is 8.19. The number of hydrogen-bond donors (Lipinski definition) is 1. The first kappa shape index (κ1) is 14.5. The molecule has 17 heavy (non-hydrogen) atoms. The van der Waals surface area contributed by atoms with Crippen LogP contribution in [0.25, 0.3) is 0 Å². The minimum atomic E-state index is 0.183. The molecule has 1 fully saturated rings. The molecule has 0 aromatic carbocycles. The van der Waals surface area contributed by atoms with Crippen LogP contribution in [0, 0.1) is 11.8 Å². The van der Waals surface area contributed by atoms with Crippen molar-refractivity contribution in [3.8, 4) is 0 Å². The maximum absolute atomic E-state index is 12.4. The van der Waals surface area contributed by atoms with E-state index in [4.69, 9.17) is 5.73 Å². The second-order valence-electron chi connectivity index (χ2n) is 5.51. The molecule has 1 aliphatic rings. The Morgan fingerprint density at radius 2 is 2.12 bits per heavy atom. The molecule has 1 aliphatic carbocycles. The lowest BCUT2D eigenvalue weighted by Crippen LogP contribution is -2.42. The maximum Gasteiger partial charge on any atom is 0.225 e. The van der Waals surface area contributed by atoms with Crippen LogP contribution in [0.15, 0.2) is 0 Å². The molecule has 1 amide bonds. The summed E-state index contributed by atoms with van der Waals surface area (Å²) < 4.78 is 0. The molecule has 0 saturated heterocycles. The van der Waals surface area contributed by atoms with Gasteiger partial charge in [-0.25, -0.2) is 0 Å².